The van der Waals surface area contributed by atoms with E-state index < -0.39 is 17.8 Å². The number of allylic oxidation sites excluding steroid dienone is 1. The van der Waals surface area contributed by atoms with Crippen LogP contribution in [0, 0.1) is 0 Å². The average Bonchev–Trinajstić information content (AvgIpc) is 2.90. The summed E-state index contributed by atoms with van der Waals surface area (Å²) in [5.74, 6) is 0.378. The van der Waals surface area contributed by atoms with E-state index in [1.807, 2.05) is 4.90 Å². The molecule has 4 heterocycles. The molecule has 1 amide bonds. The summed E-state index contributed by atoms with van der Waals surface area (Å²) in [6.45, 7) is 2.51. The van der Waals surface area contributed by atoms with E-state index in [0.717, 1.165) is 12.3 Å². The van der Waals surface area contributed by atoms with Crippen LogP contribution in [0.25, 0.3) is 5.70 Å². The van der Waals surface area contributed by atoms with E-state index in [0.29, 0.717) is 43.2 Å². The molecule has 1 aliphatic rings. The lowest BCUT2D eigenvalue weighted by Gasteiger charge is -2.27. The predicted molar refractivity (Wildman–Crippen MR) is 129 cm³/mol. The van der Waals surface area contributed by atoms with Gasteiger partial charge in [-0.1, -0.05) is 0 Å². The minimum atomic E-state index is -4.75. The van der Waals surface area contributed by atoms with Gasteiger partial charge in [0.1, 0.15) is 17.3 Å². The number of halogens is 3. The molecule has 1 aliphatic heterocycles. The second kappa shape index (κ2) is 11.0. The Balaban J connectivity index is 1.48. The zero-order chi connectivity index (χ0) is 25.5. The molecule has 0 saturated carbocycles. The summed E-state index contributed by atoms with van der Waals surface area (Å²) in [6, 6.07) is 9.00. The molecule has 0 radical (unpaired) electrons. The van der Waals surface area contributed by atoms with Gasteiger partial charge in [-0.3, -0.25) is 9.78 Å². The number of pyridine rings is 3. The Kier molecular flexibility index (Phi) is 7.54. The first-order valence-electron chi connectivity index (χ1n) is 10.9. The first-order chi connectivity index (χ1) is 17.3. The van der Waals surface area contributed by atoms with Gasteiger partial charge in [-0.05, 0) is 42.5 Å². The molecule has 3 N–H and O–H groups in total. The molecule has 3 aromatic rings. The second-order valence-corrected chi connectivity index (χ2v) is 7.69. The molecular weight excluding hydrogens is 475 g/mol. The molecule has 0 atom stereocenters. The number of hydrogen-bond acceptors (Lipinski definition) is 8. The van der Waals surface area contributed by atoms with E-state index >= 15 is 0 Å². The molecule has 1 saturated heterocycles. The number of alkyl halides is 3. The number of aromatic nitrogens is 3. The van der Waals surface area contributed by atoms with Crippen LogP contribution in [0.1, 0.15) is 15.9 Å². The monoisotopic (exact) mass is 497 g/mol. The number of hydrogen-bond donors (Lipinski definition) is 2. The molecule has 9 nitrogen and oxygen atoms in total. The van der Waals surface area contributed by atoms with Gasteiger partial charge in [0.25, 0.3) is 5.91 Å². The molecule has 0 aromatic carbocycles. The Hall–Kier alpha value is -4.32. The lowest BCUT2D eigenvalue weighted by molar-refractivity contribution is -0.0576. The van der Waals surface area contributed by atoms with Crippen LogP contribution in [-0.4, -0.2) is 59.1 Å². The molecular formula is C24H22F3N7O2. The smallest absolute Gasteiger partial charge is 0.398 e. The van der Waals surface area contributed by atoms with Crippen LogP contribution in [-0.2, 0) is 4.74 Å². The van der Waals surface area contributed by atoms with Gasteiger partial charge in [0.2, 0.25) is 0 Å². The molecule has 0 unspecified atom stereocenters. The number of ether oxygens (including phenoxy) is 1. The van der Waals surface area contributed by atoms with Crippen molar-refractivity contribution in [2.24, 2.45) is 10.7 Å². The molecule has 0 aliphatic carbocycles. The van der Waals surface area contributed by atoms with E-state index in [4.69, 9.17) is 10.5 Å². The first-order valence-corrected chi connectivity index (χ1v) is 10.9. The quantitative estimate of drug-likeness (QED) is 0.500. The van der Waals surface area contributed by atoms with Crippen molar-refractivity contribution in [1.29, 1.82) is 0 Å². The number of nitrogens with zero attached hydrogens (tertiary/aromatic N) is 5. The summed E-state index contributed by atoms with van der Waals surface area (Å²) in [7, 11) is 0. The summed E-state index contributed by atoms with van der Waals surface area (Å²) >= 11 is 0. The number of anilines is 2. The van der Waals surface area contributed by atoms with Gasteiger partial charge < -0.3 is 20.7 Å². The fourth-order valence-electron chi connectivity index (χ4n) is 3.32. The van der Waals surface area contributed by atoms with Crippen LogP contribution in [0.2, 0.25) is 0 Å². The number of rotatable bonds is 6. The summed E-state index contributed by atoms with van der Waals surface area (Å²) in [5, 5.41) is 2.62. The highest BCUT2D eigenvalue weighted by Crippen LogP contribution is 2.24. The standard InChI is InChI=1S/C24H22F3N7O2/c25-24(26,27)20(13-19(28)17-2-1-6-29-14-17)32-18-3-4-21(31-15-18)33-23(35)16-5-7-30-22(12-16)34-8-10-36-11-9-34/h1-7,12-15H,8-11,28H2,(H,31,33,35). The Bertz CT molecular complexity index is 1260. The molecule has 1 fully saturated rings. The van der Waals surface area contributed by atoms with Crippen molar-refractivity contribution in [2.75, 3.05) is 36.5 Å². The zero-order valence-electron chi connectivity index (χ0n) is 18.9. The number of nitrogens with two attached hydrogens (primary N) is 1. The molecule has 0 bridgehead atoms. The largest absolute Gasteiger partial charge is 0.433 e. The molecule has 186 valence electrons. The van der Waals surface area contributed by atoms with Crippen molar-refractivity contribution in [3.63, 3.8) is 0 Å². The van der Waals surface area contributed by atoms with Crippen molar-refractivity contribution < 1.29 is 22.7 Å². The minimum absolute atomic E-state index is 0.0610. The van der Waals surface area contributed by atoms with Gasteiger partial charge >= 0.3 is 6.18 Å². The Morgan fingerprint density at radius 2 is 1.89 bits per heavy atom. The third kappa shape index (κ3) is 6.42. The van der Waals surface area contributed by atoms with Gasteiger partial charge in [-0.25, -0.2) is 15.0 Å². The highest BCUT2D eigenvalue weighted by molar-refractivity contribution is 6.06. The van der Waals surface area contributed by atoms with E-state index in [1.54, 1.807) is 24.3 Å². The van der Waals surface area contributed by atoms with Crippen LogP contribution in [0.15, 0.2) is 72.3 Å². The lowest BCUT2D eigenvalue weighted by atomic mass is 10.1. The Morgan fingerprint density at radius 3 is 2.56 bits per heavy atom. The normalized spacial score (nSPS) is 15.0. The summed E-state index contributed by atoms with van der Waals surface area (Å²) in [5.41, 5.74) is 5.11. The van der Waals surface area contributed by atoms with Gasteiger partial charge in [0, 0.05) is 48.5 Å². The number of morpholine rings is 1. The Labute approximate surface area is 204 Å². The van der Waals surface area contributed by atoms with E-state index in [2.05, 4.69) is 25.3 Å². The maximum atomic E-state index is 13.5. The third-order valence-corrected chi connectivity index (χ3v) is 5.16. The fraction of sp³-hybridized carbons (Fsp3) is 0.208. The molecule has 12 heteroatoms. The topological polar surface area (TPSA) is 119 Å². The van der Waals surface area contributed by atoms with Gasteiger partial charge in [0.15, 0.2) is 0 Å². The van der Waals surface area contributed by atoms with Gasteiger partial charge in [0.05, 0.1) is 25.1 Å². The average molecular weight is 497 g/mol. The van der Waals surface area contributed by atoms with Crippen molar-refractivity contribution in [2.45, 2.75) is 6.18 Å². The highest BCUT2D eigenvalue weighted by atomic mass is 19.4. The highest BCUT2D eigenvalue weighted by Gasteiger charge is 2.34. The number of carbonyl (C=O) groups excluding carboxylic acids is 1. The molecule has 3 aromatic heterocycles. The maximum Gasteiger partial charge on any atom is 0.433 e. The maximum absolute atomic E-state index is 13.5. The van der Waals surface area contributed by atoms with Crippen molar-refractivity contribution in [1.82, 2.24) is 15.0 Å². The van der Waals surface area contributed by atoms with E-state index in [-0.39, 0.29) is 17.2 Å². The Morgan fingerprint density at radius 1 is 1.08 bits per heavy atom. The minimum Gasteiger partial charge on any atom is -0.398 e. The fourth-order valence-corrected chi connectivity index (χ4v) is 3.32. The van der Waals surface area contributed by atoms with Gasteiger partial charge in [-0.2, -0.15) is 13.2 Å². The number of aliphatic imine (C=N–C) groups is 1. The van der Waals surface area contributed by atoms with Crippen LogP contribution in [0.3, 0.4) is 0 Å². The van der Waals surface area contributed by atoms with E-state index in [9.17, 15) is 18.0 Å². The first kappa shape index (κ1) is 24.8. The third-order valence-electron chi connectivity index (χ3n) is 5.16. The SMILES string of the molecule is NC(=CC(=Nc1ccc(NC(=O)c2ccnc(N3CCOCC3)c2)nc1)C(F)(F)F)c1cccnc1. The number of nitrogens with one attached hydrogen (secondary N) is 1. The van der Waals surface area contributed by atoms with Gasteiger partial charge in [-0.15, -0.1) is 0 Å². The molecule has 36 heavy (non-hydrogen) atoms. The van der Waals surface area contributed by atoms with Crippen molar-refractivity contribution in [3.05, 3.63) is 78.4 Å². The summed E-state index contributed by atoms with van der Waals surface area (Å²) in [6.07, 6.45) is 1.49. The van der Waals surface area contributed by atoms with E-state index in [1.165, 1.54) is 30.7 Å². The lowest BCUT2D eigenvalue weighted by Crippen LogP contribution is -2.36. The van der Waals surface area contributed by atoms with Crippen LogP contribution in [0.5, 0.6) is 0 Å². The van der Waals surface area contributed by atoms with Crippen molar-refractivity contribution >= 4 is 34.6 Å². The zero-order valence-corrected chi connectivity index (χ0v) is 18.9. The molecule has 0 spiro atoms. The second-order valence-electron chi connectivity index (χ2n) is 7.69. The van der Waals surface area contributed by atoms with Crippen LogP contribution in [0.4, 0.5) is 30.5 Å². The number of carbonyl (C=O) groups is 1. The predicted octanol–water partition coefficient (Wildman–Crippen LogP) is 3.60. The van der Waals surface area contributed by atoms with Crippen molar-refractivity contribution in [3.8, 4) is 0 Å². The van der Waals surface area contributed by atoms with Crippen LogP contribution >= 0.6 is 0 Å². The molecule has 4 rings (SSSR count). The van der Waals surface area contributed by atoms with Crippen LogP contribution < -0.4 is 16.0 Å². The number of amides is 1. The summed E-state index contributed by atoms with van der Waals surface area (Å²) < 4.78 is 46.0. The summed E-state index contributed by atoms with van der Waals surface area (Å²) in [4.78, 5) is 30.5.